The van der Waals surface area contributed by atoms with Crippen molar-refractivity contribution in [3.8, 4) is 45.3 Å². The van der Waals surface area contributed by atoms with E-state index < -0.39 is 0 Å². The first kappa shape index (κ1) is 28.6. The van der Waals surface area contributed by atoms with E-state index in [1.54, 1.807) is 0 Å². The van der Waals surface area contributed by atoms with Crippen LogP contribution in [0.3, 0.4) is 0 Å². The van der Waals surface area contributed by atoms with E-state index in [1.807, 2.05) is 83.3 Å². The van der Waals surface area contributed by atoms with Crippen LogP contribution in [0.2, 0.25) is 0 Å². The summed E-state index contributed by atoms with van der Waals surface area (Å²) in [5, 5.41) is 7.18. The van der Waals surface area contributed by atoms with Crippen molar-refractivity contribution in [3.63, 3.8) is 0 Å². The van der Waals surface area contributed by atoms with Gasteiger partial charge in [-0.15, -0.1) is 22.7 Å². The van der Waals surface area contributed by atoms with E-state index in [4.69, 9.17) is 19.4 Å². The third-order valence-electron chi connectivity index (χ3n) is 9.75. The highest BCUT2D eigenvalue weighted by Crippen LogP contribution is 2.45. The van der Waals surface area contributed by atoms with Gasteiger partial charge in [-0.2, -0.15) is 0 Å². The van der Waals surface area contributed by atoms with Gasteiger partial charge in [-0.1, -0.05) is 103 Å². The zero-order valence-corrected chi connectivity index (χ0v) is 28.6. The lowest BCUT2D eigenvalue weighted by Gasteiger charge is -2.09. The Labute approximate surface area is 299 Å². The number of para-hydroxylation sites is 1. The molecule has 4 aromatic heterocycles. The van der Waals surface area contributed by atoms with E-state index in [2.05, 4.69) is 91.0 Å². The molecule has 0 aliphatic heterocycles. The Kier molecular flexibility index (Phi) is 6.26. The molecule has 0 N–H and O–H groups in total. The third kappa shape index (κ3) is 4.54. The predicted molar refractivity (Wildman–Crippen MR) is 215 cm³/mol. The van der Waals surface area contributed by atoms with Gasteiger partial charge in [0.15, 0.2) is 17.5 Å². The number of furan rings is 1. The molecule has 11 aromatic rings. The van der Waals surface area contributed by atoms with Crippen LogP contribution in [-0.4, -0.2) is 15.0 Å². The van der Waals surface area contributed by atoms with Crippen molar-refractivity contribution in [1.29, 1.82) is 0 Å². The lowest BCUT2D eigenvalue weighted by molar-refractivity contribution is 0.669. The van der Waals surface area contributed by atoms with Crippen LogP contribution in [0.4, 0.5) is 0 Å². The van der Waals surface area contributed by atoms with Gasteiger partial charge in [-0.25, -0.2) is 15.0 Å². The van der Waals surface area contributed by atoms with Crippen LogP contribution in [-0.2, 0) is 0 Å². The van der Waals surface area contributed by atoms with Crippen molar-refractivity contribution in [3.05, 3.63) is 152 Å². The zero-order chi connectivity index (χ0) is 33.5. The molecule has 0 radical (unpaired) electrons. The fourth-order valence-corrected chi connectivity index (χ4v) is 9.77. The number of nitrogens with zero attached hydrogens (tertiary/aromatic N) is 3. The lowest BCUT2D eigenvalue weighted by atomic mass is 10.00. The van der Waals surface area contributed by atoms with Crippen molar-refractivity contribution >= 4 is 85.0 Å². The summed E-state index contributed by atoms with van der Waals surface area (Å²) in [6, 6.07) is 53.1. The number of hydrogen-bond acceptors (Lipinski definition) is 6. The molecule has 0 aliphatic carbocycles. The molecule has 7 aromatic carbocycles. The second-order valence-electron chi connectivity index (χ2n) is 12.8. The van der Waals surface area contributed by atoms with Crippen LogP contribution in [0.15, 0.2) is 156 Å². The highest BCUT2D eigenvalue weighted by atomic mass is 32.1. The number of fused-ring (bicyclic) bond motifs is 9. The Bertz CT molecular complexity index is 3160. The first-order valence-electron chi connectivity index (χ1n) is 16.8. The maximum absolute atomic E-state index is 6.12. The molecule has 0 saturated heterocycles. The summed E-state index contributed by atoms with van der Waals surface area (Å²) < 4.78 is 11.3. The summed E-state index contributed by atoms with van der Waals surface area (Å²) in [6.45, 7) is 0. The molecule has 0 bridgehead atoms. The molecule has 4 nitrogen and oxygen atoms in total. The zero-order valence-electron chi connectivity index (χ0n) is 27.0. The summed E-state index contributed by atoms with van der Waals surface area (Å²) in [5.41, 5.74) is 7.07. The van der Waals surface area contributed by atoms with Gasteiger partial charge >= 0.3 is 0 Å². The summed E-state index contributed by atoms with van der Waals surface area (Å²) in [7, 11) is 0. The standard InChI is InChI=1S/C45H25N3OS2/c1-2-10-26(11-3-1)43-46-44(27-20-22-38-35(24-27)29-12-4-6-18-37(29)49-38)48-45(47-43)28-21-23-40-36(25-28)34-17-9-16-33(42(34)51-40)32-15-8-14-31-30-13-5-7-19-39(30)50-41(31)32/h1-25H. The van der Waals surface area contributed by atoms with Crippen LogP contribution in [0.1, 0.15) is 0 Å². The van der Waals surface area contributed by atoms with Gasteiger partial charge in [0.2, 0.25) is 0 Å². The van der Waals surface area contributed by atoms with Crippen molar-refractivity contribution in [2.75, 3.05) is 0 Å². The highest BCUT2D eigenvalue weighted by molar-refractivity contribution is 7.27. The molecule has 238 valence electrons. The molecular formula is C45H25N3OS2. The Hall–Kier alpha value is -6.21. The van der Waals surface area contributed by atoms with Crippen molar-refractivity contribution in [1.82, 2.24) is 15.0 Å². The van der Waals surface area contributed by atoms with Gasteiger partial charge in [-0.05, 0) is 48.5 Å². The molecule has 0 spiro atoms. The van der Waals surface area contributed by atoms with Crippen LogP contribution in [0.25, 0.3) is 108 Å². The maximum Gasteiger partial charge on any atom is 0.164 e. The van der Waals surface area contributed by atoms with Crippen molar-refractivity contribution < 1.29 is 4.42 Å². The molecule has 0 saturated carbocycles. The second kappa shape index (κ2) is 11.2. The summed E-state index contributed by atoms with van der Waals surface area (Å²) in [6.07, 6.45) is 0. The minimum Gasteiger partial charge on any atom is -0.456 e. The monoisotopic (exact) mass is 687 g/mol. The molecule has 11 rings (SSSR count). The molecule has 0 aliphatic rings. The lowest BCUT2D eigenvalue weighted by Crippen LogP contribution is -2.00. The Morgan fingerprint density at radius 2 is 0.882 bits per heavy atom. The SMILES string of the molecule is c1ccc(-c2nc(-c3ccc4oc5ccccc5c4c3)nc(-c3ccc4sc5c(-c6cccc7c6sc6ccccc67)cccc5c4c3)n2)cc1. The van der Waals surface area contributed by atoms with Gasteiger partial charge in [-0.3, -0.25) is 0 Å². The molecule has 0 unspecified atom stereocenters. The maximum atomic E-state index is 6.12. The number of benzene rings is 7. The molecule has 0 fully saturated rings. The Morgan fingerprint density at radius 3 is 1.63 bits per heavy atom. The number of hydrogen-bond donors (Lipinski definition) is 0. The summed E-state index contributed by atoms with van der Waals surface area (Å²) in [4.78, 5) is 15.2. The molecule has 0 amide bonds. The van der Waals surface area contributed by atoms with E-state index >= 15 is 0 Å². The van der Waals surface area contributed by atoms with Crippen LogP contribution in [0.5, 0.6) is 0 Å². The van der Waals surface area contributed by atoms with E-state index in [-0.39, 0.29) is 0 Å². The topological polar surface area (TPSA) is 51.8 Å². The van der Waals surface area contributed by atoms with Crippen molar-refractivity contribution in [2.45, 2.75) is 0 Å². The molecule has 0 atom stereocenters. The smallest absolute Gasteiger partial charge is 0.164 e. The van der Waals surface area contributed by atoms with E-state index in [1.165, 1.54) is 51.5 Å². The average molecular weight is 688 g/mol. The minimum absolute atomic E-state index is 0.625. The first-order valence-corrected chi connectivity index (χ1v) is 18.5. The fraction of sp³-hybridized carbons (Fsp3) is 0. The van der Waals surface area contributed by atoms with Crippen LogP contribution >= 0.6 is 22.7 Å². The Balaban J connectivity index is 1.09. The van der Waals surface area contributed by atoms with E-state index in [9.17, 15) is 0 Å². The van der Waals surface area contributed by atoms with Crippen LogP contribution < -0.4 is 0 Å². The van der Waals surface area contributed by atoms with Gasteiger partial charge in [0.25, 0.3) is 0 Å². The molecular weight excluding hydrogens is 663 g/mol. The van der Waals surface area contributed by atoms with Gasteiger partial charge < -0.3 is 4.42 Å². The molecule has 6 heteroatoms. The predicted octanol–water partition coefficient (Wildman–Crippen LogP) is 13.2. The normalized spacial score (nSPS) is 11.9. The summed E-state index contributed by atoms with van der Waals surface area (Å²) >= 11 is 3.72. The number of thiophene rings is 2. The number of aromatic nitrogens is 3. The second-order valence-corrected chi connectivity index (χ2v) is 14.9. The van der Waals surface area contributed by atoms with Crippen molar-refractivity contribution in [2.24, 2.45) is 0 Å². The summed E-state index contributed by atoms with van der Waals surface area (Å²) in [5.74, 6) is 1.91. The van der Waals surface area contributed by atoms with Gasteiger partial charge in [0.1, 0.15) is 11.2 Å². The fourth-order valence-electron chi connectivity index (χ4n) is 7.32. The Morgan fingerprint density at radius 1 is 0.353 bits per heavy atom. The number of rotatable bonds is 4. The highest BCUT2D eigenvalue weighted by Gasteiger charge is 2.18. The van der Waals surface area contributed by atoms with E-state index in [0.717, 1.165) is 38.6 Å². The third-order valence-corrected chi connectivity index (χ3v) is 12.2. The average Bonchev–Trinajstić information content (AvgIpc) is 3.89. The first-order chi connectivity index (χ1) is 25.2. The largest absolute Gasteiger partial charge is 0.456 e. The minimum atomic E-state index is 0.625. The quantitative estimate of drug-likeness (QED) is 0.185. The van der Waals surface area contributed by atoms with E-state index in [0.29, 0.717) is 17.5 Å². The van der Waals surface area contributed by atoms with Gasteiger partial charge in [0, 0.05) is 78.9 Å². The molecule has 4 heterocycles. The van der Waals surface area contributed by atoms with Gasteiger partial charge in [0.05, 0.1) is 0 Å². The van der Waals surface area contributed by atoms with Crippen LogP contribution in [0, 0.1) is 0 Å². The molecule has 51 heavy (non-hydrogen) atoms.